The van der Waals surface area contributed by atoms with Crippen molar-refractivity contribution in [3.8, 4) is 5.88 Å². The van der Waals surface area contributed by atoms with Crippen LogP contribution in [0.25, 0.3) is 0 Å². The third kappa shape index (κ3) is 2.69. The molecule has 6 heteroatoms. The first-order chi connectivity index (χ1) is 12.1. The smallest absolute Gasteiger partial charge is 0.226 e. The van der Waals surface area contributed by atoms with Crippen molar-refractivity contribution in [3.05, 3.63) is 41.3 Å². The van der Waals surface area contributed by atoms with Crippen molar-refractivity contribution in [2.45, 2.75) is 38.1 Å². The van der Waals surface area contributed by atoms with E-state index in [2.05, 4.69) is 16.1 Å². The van der Waals surface area contributed by atoms with E-state index < -0.39 is 0 Å². The van der Waals surface area contributed by atoms with E-state index in [4.69, 9.17) is 4.74 Å². The van der Waals surface area contributed by atoms with Gasteiger partial charge in [-0.1, -0.05) is 6.07 Å². The minimum absolute atomic E-state index is 0.0753. The van der Waals surface area contributed by atoms with Gasteiger partial charge in [-0.25, -0.2) is 4.68 Å². The van der Waals surface area contributed by atoms with Crippen molar-refractivity contribution in [1.82, 2.24) is 19.7 Å². The summed E-state index contributed by atoms with van der Waals surface area (Å²) in [6.45, 7) is 2.81. The number of amides is 1. The third-order valence-electron chi connectivity index (χ3n) is 5.50. The fourth-order valence-electron chi connectivity index (χ4n) is 4.25. The van der Waals surface area contributed by atoms with Gasteiger partial charge in [0.2, 0.25) is 11.8 Å². The minimum Gasteiger partial charge on any atom is -0.481 e. The molecule has 3 unspecified atom stereocenters. The SMILES string of the molecule is COc1c(C2CCCN2C(=O)C2CC2c2cccnc2)c(C)nn1C. The Morgan fingerprint density at radius 3 is 2.96 bits per heavy atom. The summed E-state index contributed by atoms with van der Waals surface area (Å²) < 4.78 is 7.32. The van der Waals surface area contributed by atoms with Crippen LogP contribution in [0.1, 0.15) is 48.0 Å². The lowest BCUT2D eigenvalue weighted by molar-refractivity contribution is -0.133. The van der Waals surface area contributed by atoms with Crippen molar-refractivity contribution in [1.29, 1.82) is 0 Å². The van der Waals surface area contributed by atoms with Gasteiger partial charge >= 0.3 is 0 Å². The topological polar surface area (TPSA) is 60.2 Å². The summed E-state index contributed by atoms with van der Waals surface area (Å²) in [7, 11) is 3.55. The Hall–Kier alpha value is -2.37. The highest BCUT2D eigenvalue weighted by Gasteiger charge is 2.48. The Bertz CT molecular complexity index is 786. The van der Waals surface area contributed by atoms with Gasteiger partial charge in [-0.2, -0.15) is 5.10 Å². The van der Waals surface area contributed by atoms with Crippen molar-refractivity contribution >= 4 is 5.91 Å². The predicted molar refractivity (Wildman–Crippen MR) is 93.3 cm³/mol. The summed E-state index contributed by atoms with van der Waals surface area (Å²) in [5.41, 5.74) is 3.19. The molecule has 2 aromatic heterocycles. The highest BCUT2D eigenvalue weighted by atomic mass is 16.5. The number of methoxy groups -OCH3 is 1. The van der Waals surface area contributed by atoms with Crippen LogP contribution in [0, 0.1) is 12.8 Å². The van der Waals surface area contributed by atoms with Crippen LogP contribution in [0.2, 0.25) is 0 Å². The lowest BCUT2D eigenvalue weighted by atomic mass is 10.0. The number of ether oxygens (including phenoxy) is 1. The monoisotopic (exact) mass is 340 g/mol. The normalized spacial score (nSPS) is 25.2. The molecule has 3 heterocycles. The van der Waals surface area contributed by atoms with Crippen LogP contribution < -0.4 is 4.74 Å². The van der Waals surface area contributed by atoms with Crippen molar-refractivity contribution in [2.24, 2.45) is 13.0 Å². The lowest BCUT2D eigenvalue weighted by Gasteiger charge is -2.25. The van der Waals surface area contributed by atoms with Gasteiger partial charge in [0, 0.05) is 31.9 Å². The zero-order valence-electron chi connectivity index (χ0n) is 15.0. The molecule has 3 atom stereocenters. The molecule has 0 N–H and O–H groups in total. The van der Waals surface area contributed by atoms with Gasteiger partial charge in [-0.3, -0.25) is 9.78 Å². The number of hydrogen-bond acceptors (Lipinski definition) is 4. The van der Waals surface area contributed by atoms with Gasteiger partial charge in [0.1, 0.15) is 0 Å². The van der Waals surface area contributed by atoms with Crippen molar-refractivity contribution in [2.75, 3.05) is 13.7 Å². The molecule has 1 saturated carbocycles. The second kappa shape index (κ2) is 6.17. The number of hydrogen-bond donors (Lipinski definition) is 0. The number of rotatable bonds is 4. The molecular weight excluding hydrogens is 316 g/mol. The Kier molecular flexibility index (Phi) is 3.98. The number of pyridine rings is 1. The van der Waals surface area contributed by atoms with Crippen LogP contribution in [0.4, 0.5) is 0 Å². The number of likely N-dealkylation sites (tertiary alicyclic amines) is 1. The molecule has 1 amide bonds. The molecule has 1 saturated heterocycles. The molecule has 0 radical (unpaired) electrons. The fourth-order valence-corrected chi connectivity index (χ4v) is 4.25. The molecule has 25 heavy (non-hydrogen) atoms. The average molecular weight is 340 g/mol. The molecule has 4 rings (SSSR count). The largest absolute Gasteiger partial charge is 0.481 e. The summed E-state index contributed by atoms with van der Waals surface area (Å²) >= 11 is 0. The van der Waals surface area contributed by atoms with E-state index in [0.29, 0.717) is 5.92 Å². The van der Waals surface area contributed by atoms with Gasteiger partial charge in [0.25, 0.3) is 0 Å². The van der Waals surface area contributed by atoms with E-state index in [0.717, 1.165) is 42.9 Å². The summed E-state index contributed by atoms with van der Waals surface area (Å²) in [5.74, 6) is 1.44. The Balaban J connectivity index is 1.56. The van der Waals surface area contributed by atoms with Crippen LogP contribution in [-0.4, -0.2) is 39.2 Å². The predicted octanol–water partition coefficient (Wildman–Crippen LogP) is 2.60. The van der Waals surface area contributed by atoms with Crippen LogP contribution >= 0.6 is 0 Å². The van der Waals surface area contributed by atoms with E-state index in [1.165, 1.54) is 5.56 Å². The van der Waals surface area contributed by atoms with Crippen LogP contribution in [0.5, 0.6) is 5.88 Å². The Morgan fingerprint density at radius 2 is 2.24 bits per heavy atom. The molecule has 2 aliphatic rings. The molecule has 1 aliphatic carbocycles. The number of carbonyl (C=O) groups excluding carboxylic acids is 1. The summed E-state index contributed by atoms with van der Waals surface area (Å²) in [5, 5.41) is 4.49. The first-order valence-corrected chi connectivity index (χ1v) is 8.89. The van der Waals surface area contributed by atoms with Crippen LogP contribution in [0.15, 0.2) is 24.5 Å². The molecule has 1 aliphatic heterocycles. The maximum Gasteiger partial charge on any atom is 0.226 e. The highest BCUT2D eigenvalue weighted by molar-refractivity contribution is 5.83. The van der Waals surface area contributed by atoms with Gasteiger partial charge in [0.15, 0.2) is 0 Å². The van der Waals surface area contributed by atoms with E-state index in [1.807, 2.05) is 31.1 Å². The lowest BCUT2D eigenvalue weighted by Crippen LogP contribution is -2.32. The summed E-state index contributed by atoms with van der Waals surface area (Å²) in [6.07, 6.45) is 6.58. The van der Waals surface area contributed by atoms with Crippen molar-refractivity contribution in [3.63, 3.8) is 0 Å². The molecule has 132 valence electrons. The van der Waals surface area contributed by atoms with E-state index in [9.17, 15) is 4.79 Å². The maximum atomic E-state index is 13.1. The molecule has 2 aromatic rings. The number of aromatic nitrogens is 3. The van der Waals surface area contributed by atoms with Crippen LogP contribution in [-0.2, 0) is 11.8 Å². The standard InChI is InChI=1S/C19H24N4O2/c1-12-17(19(25-3)22(2)21-12)16-7-5-9-23(16)18(24)15-10-14(15)13-6-4-8-20-11-13/h4,6,8,11,14-16H,5,7,9-10H2,1-3H3. The second-order valence-electron chi connectivity index (χ2n) is 7.06. The molecule has 2 fully saturated rings. The maximum absolute atomic E-state index is 13.1. The van der Waals surface area contributed by atoms with Gasteiger partial charge < -0.3 is 9.64 Å². The number of nitrogens with zero attached hydrogens (tertiary/aromatic N) is 4. The van der Waals surface area contributed by atoms with Gasteiger partial charge in [-0.15, -0.1) is 0 Å². The molecule has 6 nitrogen and oxygen atoms in total. The molecule has 0 aromatic carbocycles. The first kappa shape index (κ1) is 16.1. The van der Waals surface area contributed by atoms with E-state index >= 15 is 0 Å². The quantitative estimate of drug-likeness (QED) is 0.858. The molecule has 0 bridgehead atoms. The van der Waals surface area contributed by atoms with Gasteiger partial charge in [-0.05, 0) is 43.7 Å². The highest BCUT2D eigenvalue weighted by Crippen LogP contribution is 2.50. The Morgan fingerprint density at radius 1 is 1.40 bits per heavy atom. The van der Waals surface area contributed by atoms with Crippen LogP contribution in [0.3, 0.4) is 0 Å². The Labute approximate surface area is 147 Å². The average Bonchev–Trinajstić information content (AvgIpc) is 3.18. The third-order valence-corrected chi connectivity index (χ3v) is 5.50. The molecule has 0 spiro atoms. The zero-order chi connectivity index (χ0) is 17.6. The summed E-state index contributed by atoms with van der Waals surface area (Å²) in [4.78, 5) is 19.4. The van der Waals surface area contributed by atoms with Gasteiger partial charge in [0.05, 0.1) is 24.4 Å². The summed E-state index contributed by atoms with van der Waals surface area (Å²) in [6, 6.07) is 4.09. The van der Waals surface area contributed by atoms with E-state index in [-0.39, 0.29) is 17.9 Å². The number of carbonyl (C=O) groups is 1. The first-order valence-electron chi connectivity index (χ1n) is 8.89. The van der Waals surface area contributed by atoms with E-state index in [1.54, 1.807) is 18.0 Å². The number of aryl methyl sites for hydroxylation is 2. The van der Waals surface area contributed by atoms with Crippen molar-refractivity contribution < 1.29 is 9.53 Å². The zero-order valence-corrected chi connectivity index (χ0v) is 15.0. The minimum atomic E-state index is 0.0753. The molecular formula is C19H24N4O2. The second-order valence-corrected chi connectivity index (χ2v) is 7.06. The fraction of sp³-hybridized carbons (Fsp3) is 0.526.